The van der Waals surface area contributed by atoms with E-state index in [9.17, 15) is 4.79 Å². The van der Waals surface area contributed by atoms with Gasteiger partial charge in [-0.1, -0.05) is 30.3 Å². The number of piperidine rings is 1. The Kier molecular flexibility index (Phi) is 5.78. The molecule has 5 rings (SSSR count). The number of amides is 1. The van der Waals surface area contributed by atoms with Crippen molar-refractivity contribution < 1.29 is 4.79 Å². The van der Waals surface area contributed by atoms with Crippen LogP contribution in [0.25, 0.3) is 0 Å². The molecular weight excluding hydrogens is 338 g/mol. The van der Waals surface area contributed by atoms with Crippen molar-refractivity contribution in [3.63, 3.8) is 0 Å². The third kappa shape index (κ3) is 4.35. The molecule has 4 fully saturated rings. The summed E-state index contributed by atoms with van der Waals surface area (Å²) in [6.45, 7) is 5.96. The van der Waals surface area contributed by atoms with Crippen molar-refractivity contribution in [1.29, 1.82) is 0 Å². The van der Waals surface area contributed by atoms with Crippen LogP contribution in [-0.4, -0.2) is 80.0 Å². The van der Waals surface area contributed by atoms with E-state index in [4.69, 9.17) is 0 Å². The average molecular weight is 372 g/mol. The summed E-state index contributed by atoms with van der Waals surface area (Å²) in [6.07, 6.45) is 2.57. The molecule has 4 saturated heterocycles. The second-order valence-electron chi connectivity index (χ2n) is 8.71. The summed E-state index contributed by atoms with van der Waals surface area (Å²) in [4.78, 5) is 19.0. The SMILES string of the molecule is CN(C)C(=O)CN1C[C@H]2CC[C@@H](C1)N(CC1CNNC1c1ccccc1)C2. The number of nitrogens with zero attached hydrogens (tertiary/aromatic N) is 3. The van der Waals surface area contributed by atoms with Crippen LogP contribution in [0.15, 0.2) is 30.3 Å². The Balaban J connectivity index is 1.40. The van der Waals surface area contributed by atoms with Gasteiger partial charge in [0.05, 0.1) is 12.6 Å². The molecule has 1 amide bonds. The number of carbonyl (C=O) groups is 1. The Labute approximate surface area is 162 Å². The van der Waals surface area contributed by atoms with Gasteiger partial charge in [-0.3, -0.25) is 20.0 Å². The number of carbonyl (C=O) groups excluding carboxylic acids is 1. The highest BCUT2D eigenvalue weighted by Gasteiger charge is 2.38. The van der Waals surface area contributed by atoms with Gasteiger partial charge in [0.15, 0.2) is 0 Å². The van der Waals surface area contributed by atoms with Gasteiger partial charge in [0.25, 0.3) is 0 Å². The molecule has 4 heterocycles. The second kappa shape index (κ2) is 8.27. The van der Waals surface area contributed by atoms with Crippen molar-refractivity contribution in [2.75, 3.05) is 53.4 Å². The summed E-state index contributed by atoms with van der Waals surface area (Å²) in [5, 5.41) is 0. The van der Waals surface area contributed by atoms with Gasteiger partial charge in [0.2, 0.25) is 5.91 Å². The molecule has 0 spiro atoms. The summed E-state index contributed by atoms with van der Waals surface area (Å²) in [7, 11) is 3.70. The summed E-state index contributed by atoms with van der Waals surface area (Å²) in [5.74, 6) is 1.48. The summed E-state index contributed by atoms with van der Waals surface area (Å²) in [6, 6.07) is 11.7. The quantitative estimate of drug-likeness (QED) is 0.807. The van der Waals surface area contributed by atoms with Gasteiger partial charge >= 0.3 is 0 Å². The lowest BCUT2D eigenvalue weighted by molar-refractivity contribution is -0.130. The molecule has 0 radical (unpaired) electrons. The minimum absolute atomic E-state index is 0.219. The molecule has 0 aromatic heterocycles. The number of hydrogen-bond donors (Lipinski definition) is 2. The number of benzene rings is 1. The van der Waals surface area contributed by atoms with E-state index in [1.807, 2.05) is 14.1 Å². The van der Waals surface area contributed by atoms with Crippen molar-refractivity contribution in [1.82, 2.24) is 25.6 Å². The molecule has 6 nitrogen and oxygen atoms in total. The fraction of sp³-hybridized carbons (Fsp3) is 0.667. The van der Waals surface area contributed by atoms with Crippen LogP contribution in [0.1, 0.15) is 24.4 Å². The molecule has 148 valence electrons. The molecule has 0 aliphatic carbocycles. The number of fused-ring (bicyclic) bond motifs is 4. The van der Waals surface area contributed by atoms with Gasteiger partial charge in [-0.2, -0.15) is 0 Å². The highest BCUT2D eigenvalue weighted by Crippen LogP contribution is 2.32. The first kappa shape index (κ1) is 18.9. The van der Waals surface area contributed by atoms with Crippen LogP contribution in [-0.2, 0) is 4.79 Å². The monoisotopic (exact) mass is 371 g/mol. The minimum Gasteiger partial charge on any atom is -0.348 e. The normalized spacial score (nSPS) is 31.8. The smallest absolute Gasteiger partial charge is 0.236 e. The van der Waals surface area contributed by atoms with Crippen molar-refractivity contribution in [3.8, 4) is 0 Å². The zero-order valence-electron chi connectivity index (χ0n) is 16.6. The molecule has 4 atom stereocenters. The third-order valence-corrected chi connectivity index (χ3v) is 6.48. The number of nitrogens with one attached hydrogen (secondary N) is 2. The Morgan fingerprint density at radius 2 is 1.96 bits per heavy atom. The minimum atomic E-state index is 0.219. The second-order valence-corrected chi connectivity index (χ2v) is 8.71. The molecule has 2 unspecified atom stereocenters. The first-order valence-electron chi connectivity index (χ1n) is 10.3. The number of hydrogen-bond acceptors (Lipinski definition) is 5. The van der Waals surface area contributed by atoms with Gasteiger partial charge < -0.3 is 4.90 Å². The van der Waals surface area contributed by atoms with Gasteiger partial charge in [-0.15, -0.1) is 0 Å². The van der Waals surface area contributed by atoms with Crippen molar-refractivity contribution in [2.24, 2.45) is 11.8 Å². The molecule has 1 aromatic carbocycles. The van der Waals surface area contributed by atoms with Gasteiger partial charge in [-0.25, -0.2) is 5.43 Å². The highest BCUT2D eigenvalue weighted by atomic mass is 16.2. The summed E-state index contributed by atoms with van der Waals surface area (Å²) >= 11 is 0. The fourth-order valence-corrected chi connectivity index (χ4v) is 4.98. The van der Waals surface area contributed by atoms with Crippen LogP contribution >= 0.6 is 0 Å². The van der Waals surface area contributed by atoms with E-state index >= 15 is 0 Å². The van der Waals surface area contributed by atoms with E-state index in [1.54, 1.807) is 4.90 Å². The van der Waals surface area contributed by atoms with E-state index < -0.39 is 0 Å². The lowest BCUT2D eigenvalue weighted by Gasteiger charge is -2.38. The predicted octanol–water partition coefficient (Wildman–Crippen LogP) is 0.936. The largest absolute Gasteiger partial charge is 0.348 e. The van der Waals surface area contributed by atoms with E-state index in [2.05, 4.69) is 51.0 Å². The molecule has 0 saturated carbocycles. The van der Waals surface area contributed by atoms with E-state index in [1.165, 1.54) is 24.9 Å². The maximum atomic E-state index is 12.2. The summed E-state index contributed by atoms with van der Waals surface area (Å²) < 4.78 is 0. The standard InChI is InChI=1S/C21H33N5O/c1-24(2)20(27)15-25-11-16-8-9-19(14-25)26(12-16)13-18-10-22-23-21(18)17-6-4-3-5-7-17/h3-7,16,18-19,21-23H,8-15H2,1-2H3/t16-,18?,19+,21?/m1/s1. The van der Waals surface area contributed by atoms with Gasteiger partial charge in [-0.05, 0) is 24.3 Å². The molecule has 4 aliphatic heterocycles. The molecule has 4 aliphatic rings. The molecular formula is C21H33N5O. The zero-order chi connectivity index (χ0) is 18.8. The summed E-state index contributed by atoms with van der Waals surface area (Å²) in [5.41, 5.74) is 8.23. The highest BCUT2D eigenvalue weighted by molar-refractivity contribution is 5.77. The van der Waals surface area contributed by atoms with E-state index in [-0.39, 0.29) is 5.91 Å². The van der Waals surface area contributed by atoms with Crippen LogP contribution in [0.2, 0.25) is 0 Å². The maximum absolute atomic E-state index is 12.2. The predicted molar refractivity (Wildman–Crippen MR) is 107 cm³/mol. The number of rotatable bonds is 5. The topological polar surface area (TPSA) is 50.9 Å². The Hall–Kier alpha value is -1.47. The van der Waals surface area contributed by atoms with Gasteiger partial charge in [0.1, 0.15) is 0 Å². The third-order valence-electron chi connectivity index (χ3n) is 6.48. The van der Waals surface area contributed by atoms with Crippen LogP contribution in [0, 0.1) is 11.8 Å². The van der Waals surface area contributed by atoms with Crippen molar-refractivity contribution in [3.05, 3.63) is 35.9 Å². The van der Waals surface area contributed by atoms with Crippen LogP contribution in [0.5, 0.6) is 0 Å². The molecule has 1 aromatic rings. The van der Waals surface area contributed by atoms with Crippen LogP contribution < -0.4 is 10.9 Å². The maximum Gasteiger partial charge on any atom is 0.236 e. The Morgan fingerprint density at radius 3 is 2.74 bits per heavy atom. The molecule has 27 heavy (non-hydrogen) atoms. The zero-order valence-corrected chi connectivity index (χ0v) is 16.6. The lowest BCUT2D eigenvalue weighted by Crippen LogP contribution is -2.47. The average Bonchev–Trinajstić information content (AvgIpc) is 2.95. The Bertz CT molecular complexity index is 637. The van der Waals surface area contributed by atoms with E-state index in [0.29, 0.717) is 30.5 Å². The number of hydrazine groups is 1. The van der Waals surface area contributed by atoms with Crippen LogP contribution in [0.3, 0.4) is 0 Å². The fourth-order valence-electron chi connectivity index (χ4n) is 4.98. The van der Waals surface area contributed by atoms with Gasteiger partial charge in [0, 0.05) is 58.8 Å². The van der Waals surface area contributed by atoms with E-state index in [0.717, 1.165) is 26.2 Å². The molecule has 2 bridgehead atoms. The first-order valence-corrected chi connectivity index (χ1v) is 10.3. The first-order chi connectivity index (χ1) is 13.1. The molecule has 2 N–H and O–H groups in total. The number of likely N-dealkylation sites (N-methyl/N-ethyl adjacent to an activating group) is 1. The van der Waals surface area contributed by atoms with Crippen LogP contribution in [0.4, 0.5) is 0 Å². The van der Waals surface area contributed by atoms with Crippen molar-refractivity contribution in [2.45, 2.75) is 24.9 Å². The lowest BCUT2D eigenvalue weighted by atomic mass is 9.90. The molecule has 6 heteroatoms. The van der Waals surface area contributed by atoms with Crippen molar-refractivity contribution >= 4 is 5.91 Å². The Morgan fingerprint density at radius 1 is 1.15 bits per heavy atom.